The fraction of sp³-hybridized carbons (Fsp3) is 0.538. The van der Waals surface area contributed by atoms with E-state index in [0.717, 1.165) is 6.42 Å². The third-order valence-electron chi connectivity index (χ3n) is 2.24. The molecule has 1 aliphatic heterocycles. The Balaban J connectivity index is 0.000000791. The first kappa shape index (κ1) is 13.2. The van der Waals surface area contributed by atoms with E-state index in [1.165, 1.54) is 25.0 Å². The highest BCUT2D eigenvalue weighted by atomic mass is 14.9. The fourth-order valence-corrected chi connectivity index (χ4v) is 1.59. The first-order chi connectivity index (χ1) is 6.86. The van der Waals surface area contributed by atoms with Gasteiger partial charge in [-0.1, -0.05) is 45.2 Å². The summed E-state index contributed by atoms with van der Waals surface area (Å²) in [6.45, 7) is 12.6. The second-order valence-corrected chi connectivity index (χ2v) is 3.18. The normalized spacial score (nSPS) is 21.0. The lowest BCUT2D eigenvalue weighted by molar-refractivity contribution is 0.605. The van der Waals surface area contributed by atoms with Gasteiger partial charge in [0.15, 0.2) is 0 Å². The van der Waals surface area contributed by atoms with E-state index in [-0.39, 0.29) is 0 Å². The van der Waals surface area contributed by atoms with E-state index in [9.17, 15) is 0 Å². The molecular weight excluding hydrogens is 170 g/mol. The smallest absolute Gasteiger partial charge is 0.0108 e. The number of hydrogen-bond donors (Lipinski definition) is 1. The topological polar surface area (TPSA) is 12.0 Å². The Morgan fingerprint density at radius 2 is 2.14 bits per heavy atom. The highest BCUT2D eigenvalue weighted by Gasteiger charge is 2.13. The number of rotatable bonds is 4. The van der Waals surface area contributed by atoms with Gasteiger partial charge >= 0.3 is 0 Å². The van der Waals surface area contributed by atoms with Crippen molar-refractivity contribution in [3.63, 3.8) is 0 Å². The molecule has 1 N–H and O–H groups in total. The molecule has 0 saturated carbocycles. The minimum atomic E-state index is 0.661. The Labute approximate surface area is 88.6 Å². The molecule has 1 rings (SSSR count). The van der Waals surface area contributed by atoms with Crippen molar-refractivity contribution in [2.45, 2.75) is 39.2 Å². The first-order valence-corrected chi connectivity index (χ1v) is 5.54. The van der Waals surface area contributed by atoms with E-state index < -0.39 is 0 Å². The van der Waals surface area contributed by atoms with Gasteiger partial charge in [-0.25, -0.2) is 0 Å². The molecule has 0 aromatic rings. The second kappa shape index (κ2) is 8.76. The molecule has 1 heterocycles. The van der Waals surface area contributed by atoms with Crippen molar-refractivity contribution < 1.29 is 0 Å². The predicted molar refractivity (Wildman–Crippen MR) is 65.5 cm³/mol. The highest BCUT2D eigenvalue weighted by Crippen LogP contribution is 2.14. The van der Waals surface area contributed by atoms with Gasteiger partial charge in [0.25, 0.3) is 0 Å². The zero-order valence-electron chi connectivity index (χ0n) is 9.55. The summed E-state index contributed by atoms with van der Waals surface area (Å²) in [5, 5.41) is 3.46. The molecule has 1 unspecified atom stereocenters. The molecule has 1 aliphatic rings. The van der Waals surface area contributed by atoms with Crippen molar-refractivity contribution in [3.05, 3.63) is 37.0 Å². The summed E-state index contributed by atoms with van der Waals surface area (Å²) in [4.78, 5) is 0. The summed E-state index contributed by atoms with van der Waals surface area (Å²) in [7, 11) is 0. The maximum Gasteiger partial charge on any atom is 0.0108 e. The maximum absolute atomic E-state index is 3.78. The zero-order chi connectivity index (χ0) is 10.8. The molecule has 0 radical (unpaired) electrons. The van der Waals surface area contributed by atoms with Crippen molar-refractivity contribution >= 4 is 0 Å². The van der Waals surface area contributed by atoms with Crippen molar-refractivity contribution in [1.82, 2.24) is 5.32 Å². The van der Waals surface area contributed by atoms with Gasteiger partial charge in [0.2, 0.25) is 0 Å². The summed E-state index contributed by atoms with van der Waals surface area (Å²) >= 11 is 0. The quantitative estimate of drug-likeness (QED) is 0.674. The number of nitrogens with one attached hydrogen (secondary N) is 1. The summed E-state index contributed by atoms with van der Waals surface area (Å²) in [6, 6.07) is 0.661. The molecule has 1 atom stereocenters. The Kier molecular flexibility index (Phi) is 8.25. The molecule has 0 aliphatic carbocycles. The van der Waals surface area contributed by atoms with Crippen LogP contribution in [0.4, 0.5) is 0 Å². The van der Waals surface area contributed by atoms with Crippen LogP contribution in [-0.2, 0) is 0 Å². The summed E-state index contributed by atoms with van der Waals surface area (Å²) in [5.41, 5.74) is 1.28. The standard InChI is InChI=1S/C11H17N.C2H6/c1-3-6-10(4-2)9-11-7-5-8-12-11;1-2/h3-4,6,11-12H,1-2,5,7-9H2;1-2H3/b10-6+;. The average Bonchev–Trinajstić information content (AvgIpc) is 2.73. The van der Waals surface area contributed by atoms with Crippen molar-refractivity contribution in [1.29, 1.82) is 0 Å². The first-order valence-electron chi connectivity index (χ1n) is 5.54. The van der Waals surface area contributed by atoms with Crippen LogP contribution in [0.25, 0.3) is 0 Å². The van der Waals surface area contributed by atoms with Gasteiger partial charge in [-0.05, 0) is 31.4 Å². The lowest BCUT2D eigenvalue weighted by atomic mass is 10.0. The fourth-order valence-electron chi connectivity index (χ4n) is 1.59. The van der Waals surface area contributed by atoms with Crippen LogP contribution >= 0.6 is 0 Å². The van der Waals surface area contributed by atoms with Gasteiger partial charge < -0.3 is 5.32 Å². The minimum Gasteiger partial charge on any atom is -0.314 e. The van der Waals surface area contributed by atoms with E-state index in [0.29, 0.717) is 6.04 Å². The molecular formula is C13H23N. The van der Waals surface area contributed by atoms with Crippen LogP contribution in [0.5, 0.6) is 0 Å². The van der Waals surface area contributed by atoms with Crippen LogP contribution in [0, 0.1) is 0 Å². The van der Waals surface area contributed by atoms with Gasteiger partial charge in [0, 0.05) is 6.04 Å². The minimum absolute atomic E-state index is 0.661. The number of allylic oxidation sites excluding steroid dienone is 3. The van der Waals surface area contributed by atoms with Gasteiger partial charge in [-0.15, -0.1) is 0 Å². The van der Waals surface area contributed by atoms with E-state index in [4.69, 9.17) is 0 Å². The lowest BCUT2D eigenvalue weighted by Crippen LogP contribution is -2.21. The third-order valence-corrected chi connectivity index (χ3v) is 2.24. The third kappa shape index (κ3) is 5.03. The molecule has 1 saturated heterocycles. The summed E-state index contributed by atoms with van der Waals surface area (Å²) in [5.74, 6) is 0. The molecule has 0 aromatic heterocycles. The summed E-state index contributed by atoms with van der Waals surface area (Å²) < 4.78 is 0. The molecule has 0 spiro atoms. The largest absolute Gasteiger partial charge is 0.314 e. The van der Waals surface area contributed by atoms with E-state index in [2.05, 4.69) is 18.5 Å². The molecule has 0 aromatic carbocycles. The number of hydrogen-bond acceptors (Lipinski definition) is 1. The molecule has 0 amide bonds. The molecule has 1 nitrogen and oxygen atoms in total. The van der Waals surface area contributed by atoms with Crippen LogP contribution in [0.15, 0.2) is 37.0 Å². The second-order valence-electron chi connectivity index (χ2n) is 3.18. The van der Waals surface area contributed by atoms with Gasteiger partial charge in [0.1, 0.15) is 0 Å². The van der Waals surface area contributed by atoms with Crippen LogP contribution in [-0.4, -0.2) is 12.6 Å². The van der Waals surface area contributed by atoms with E-state index >= 15 is 0 Å². The Morgan fingerprint density at radius 1 is 1.43 bits per heavy atom. The predicted octanol–water partition coefficient (Wildman–Crippen LogP) is 3.45. The van der Waals surface area contributed by atoms with Crippen molar-refractivity contribution in [2.24, 2.45) is 0 Å². The molecule has 1 fully saturated rings. The van der Waals surface area contributed by atoms with E-state index in [1.807, 2.05) is 32.1 Å². The van der Waals surface area contributed by atoms with E-state index in [1.54, 1.807) is 0 Å². The van der Waals surface area contributed by atoms with Crippen LogP contribution in [0.3, 0.4) is 0 Å². The Bertz CT molecular complexity index is 185. The monoisotopic (exact) mass is 193 g/mol. The Morgan fingerprint density at radius 3 is 2.57 bits per heavy atom. The van der Waals surface area contributed by atoms with Crippen molar-refractivity contribution in [2.75, 3.05) is 6.54 Å². The molecule has 14 heavy (non-hydrogen) atoms. The van der Waals surface area contributed by atoms with Crippen molar-refractivity contribution in [3.8, 4) is 0 Å². The van der Waals surface area contributed by atoms with Gasteiger partial charge in [-0.2, -0.15) is 0 Å². The van der Waals surface area contributed by atoms with Crippen LogP contribution in [0.2, 0.25) is 0 Å². The Hall–Kier alpha value is -0.820. The maximum atomic E-state index is 3.78. The highest BCUT2D eigenvalue weighted by molar-refractivity contribution is 5.22. The van der Waals surface area contributed by atoms with Crippen LogP contribution < -0.4 is 5.32 Å². The van der Waals surface area contributed by atoms with Crippen LogP contribution in [0.1, 0.15) is 33.1 Å². The summed E-state index contributed by atoms with van der Waals surface area (Å²) in [6.07, 6.45) is 9.47. The molecule has 80 valence electrons. The van der Waals surface area contributed by atoms with Gasteiger partial charge in [0.05, 0.1) is 0 Å². The molecule has 0 bridgehead atoms. The lowest BCUT2D eigenvalue weighted by Gasteiger charge is -2.09. The SMILES string of the molecule is C=C/C=C(\C=C)CC1CCCN1.CC. The zero-order valence-corrected chi connectivity index (χ0v) is 9.55. The molecule has 1 heteroatoms. The average molecular weight is 193 g/mol. The van der Waals surface area contributed by atoms with Gasteiger partial charge in [-0.3, -0.25) is 0 Å².